The van der Waals surface area contributed by atoms with Gasteiger partial charge in [-0.1, -0.05) is 30.3 Å². The summed E-state index contributed by atoms with van der Waals surface area (Å²) in [6.45, 7) is 1.56. The molecule has 0 aliphatic carbocycles. The maximum Gasteiger partial charge on any atom is 0.346 e. The Balaban J connectivity index is 1.93. The molecule has 0 spiro atoms. The normalized spacial score (nSPS) is 19.1. The van der Waals surface area contributed by atoms with Gasteiger partial charge in [-0.05, 0) is 18.6 Å². The molecule has 0 saturated carbocycles. The zero-order chi connectivity index (χ0) is 20.5. The van der Waals surface area contributed by atoms with Crippen LogP contribution in [0, 0.1) is 10.1 Å². The number of aromatic hydroxyl groups is 1. The molecule has 0 bridgehead atoms. The fraction of sp³-hybridized carbons (Fsp3) is 0.167. The van der Waals surface area contributed by atoms with Crippen molar-refractivity contribution in [1.29, 1.82) is 0 Å². The highest BCUT2D eigenvalue weighted by Gasteiger charge is 2.49. The Bertz CT molecular complexity index is 991. The summed E-state index contributed by atoms with van der Waals surface area (Å²) in [6.07, 6.45) is 1.10. The number of nitrogens with one attached hydrogen (secondary N) is 1. The third-order valence-corrected chi connectivity index (χ3v) is 4.34. The molecule has 3 rings (SSSR count). The summed E-state index contributed by atoms with van der Waals surface area (Å²) in [5.74, 6) is -1.36. The van der Waals surface area contributed by atoms with Crippen LogP contribution in [-0.2, 0) is 10.3 Å². The van der Waals surface area contributed by atoms with Crippen molar-refractivity contribution in [2.75, 3.05) is 7.11 Å². The largest absolute Gasteiger partial charge is 0.500 e. The maximum atomic E-state index is 12.8. The van der Waals surface area contributed by atoms with Crippen LogP contribution < -0.4 is 10.1 Å². The molecule has 0 radical (unpaired) electrons. The van der Waals surface area contributed by atoms with Crippen molar-refractivity contribution in [2.24, 2.45) is 5.10 Å². The van der Waals surface area contributed by atoms with E-state index in [1.165, 1.54) is 13.2 Å². The van der Waals surface area contributed by atoms with Gasteiger partial charge in [0.1, 0.15) is 5.54 Å². The van der Waals surface area contributed by atoms with Gasteiger partial charge in [-0.15, -0.1) is 5.01 Å². The van der Waals surface area contributed by atoms with Gasteiger partial charge in [0.25, 0.3) is 5.91 Å². The lowest BCUT2D eigenvalue weighted by molar-refractivity contribution is -0.386. The number of carbonyl (C=O) groups is 2. The number of nitrogens with zero attached hydrogens (tertiary/aromatic N) is 3. The van der Waals surface area contributed by atoms with Gasteiger partial charge in [0.05, 0.1) is 18.2 Å². The third kappa shape index (κ3) is 3.11. The van der Waals surface area contributed by atoms with Gasteiger partial charge >= 0.3 is 11.7 Å². The Hall–Kier alpha value is -3.95. The topological polar surface area (TPSA) is 134 Å². The van der Waals surface area contributed by atoms with Gasteiger partial charge in [0, 0.05) is 11.6 Å². The van der Waals surface area contributed by atoms with E-state index in [0.717, 1.165) is 12.3 Å². The lowest BCUT2D eigenvalue weighted by Crippen LogP contribution is -2.40. The molecule has 10 heteroatoms. The Kier molecular flexibility index (Phi) is 4.70. The van der Waals surface area contributed by atoms with Gasteiger partial charge in [-0.25, -0.2) is 4.79 Å². The number of phenolic OH excluding ortho intramolecular Hbond substituents is 1. The second-order valence-electron chi connectivity index (χ2n) is 6.13. The van der Waals surface area contributed by atoms with E-state index in [0.29, 0.717) is 10.6 Å². The summed E-state index contributed by atoms with van der Waals surface area (Å²) >= 11 is 0. The van der Waals surface area contributed by atoms with Crippen LogP contribution in [-0.4, -0.2) is 40.3 Å². The van der Waals surface area contributed by atoms with Crippen molar-refractivity contribution in [3.63, 3.8) is 0 Å². The van der Waals surface area contributed by atoms with E-state index < -0.39 is 33.8 Å². The number of rotatable bonds is 5. The highest BCUT2D eigenvalue weighted by atomic mass is 16.6. The van der Waals surface area contributed by atoms with E-state index in [1.807, 2.05) is 0 Å². The van der Waals surface area contributed by atoms with E-state index in [-0.39, 0.29) is 11.3 Å². The molecular weight excluding hydrogens is 368 g/mol. The van der Waals surface area contributed by atoms with Gasteiger partial charge in [0.15, 0.2) is 5.75 Å². The number of hydrogen-bond acceptors (Lipinski definition) is 7. The maximum absolute atomic E-state index is 12.8. The number of urea groups is 1. The van der Waals surface area contributed by atoms with Crippen LogP contribution in [0.5, 0.6) is 11.5 Å². The zero-order valence-electron chi connectivity index (χ0n) is 14.9. The first kappa shape index (κ1) is 18.8. The van der Waals surface area contributed by atoms with E-state index >= 15 is 0 Å². The summed E-state index contributed by atoms with van der Waals surface area (Å²) in [4.78, 5) is 35.3. The van der Waals surface area contributed by atoms with E-state index in [4.69, 9.17) is 4.74 Å². The minimum atomic E-state index is -1.28. The monoisotopic (exact) mass is 384 g/mol. The number of nitro groups is 1. The molecule has 28 heavy (non-hydrogen) atoms. The average molecular weight is 384 g/mol. The summed E-state index contributed by atoms with van der Waals surface area (Å²) in [5.41, 5.74) is -1.12. The van der Waals surface area contributed by atoms with Crippen LogP contribution in [0.15, 0.2) is 47.6 Å². The van der Waals surface area contributed by atoms with Gasteiger partial charge in [-0.2, -0.15) is 5.10 Å². The predicted molar refractivity (Wildman–Crippen MR) is 98.1 cm³/mol. The minimum absolute atomic E-state index is 0.137. The third-order valence-electron chi connectivity index (χ3n) is 4.34. The van der Waals surface area contributed by atoms with E-state index in [9.17, 15) is 24.8 Å². The molecule has 2 aromatic rings. The standard InChI is InChI=1S/C18H16N4O6/c1-18(12-6-4-3-5-7-12)16(24)21(17(25)20-18)19-10-11-8-13(22(26)27)15(23)14(9-11)28-2/h3-10,23H,1-2H3,(H,20,25)/b19-10-/t18-/m1/s1. The van der Waals surface area contributed by atoms with E-state index in [2.05, 4.69) is 10.4 Å². The van der Waals surface area contributed by atoms with E-state index in [1.54, 1.807) is 37.3 Å². The van der Waals surface area contributed by atoms with Crippen LogP contribution in [0.4, 0.5) is 10.5 Å². The van der Waals surface area contributed by atoms with Gasteiger partial charge in [-0.3, -0.25) is 14.9 Å². The Morgan fingerprint density at radius 2 is 1.96 bits per heavy atom. The molecule has 0 aromatic heterocycles. The lowest BCUT2D eigenvalue weighted by atomic mass is 9.92. The van der Waals surface area contributed by atoms with Gasteiger partial charge < -0.3 is 15.2 Å². The van der Waals surface area contributed by atoms with Crippen molar-refractivity contribution < 1.29 is 24.4 Å². The Morgan fingerprint density at radius 3 is 2.57 bits per heavy atom. The number of amides is 3. The molecule has 1 aliphatic heterocycles. The molecular formula is C18H16N4O6. The smallest absolute Gasteiger partial charge is 0.346 e. The summed E-state index contributed by atoms with van der Waals surface area (Å²) < 4.78 is 4.91. The molecule has 1 atom stereocenters. The molecule has 2 N–H and O–H groups in total. The predicted octanol–water partition coefficient (Wildman–Crippen LogP) is 2.11. The van der Waals surface area contributed by atoms with Crippen LogP contribution >= 0.6 is 0 Å². The number of hydrogen-bond donors (Lipinski definition) is 2. The highest BCUT2D eigenvalue weighted by Crippen LogP contribution is 2.36. The average Bonchev–Trinajstić information content (AvgIpc) is 2.91. The van der Waals surface area contributed by atoms with Crippen molar-refractivity contribution in [3.05, 3.63) is 63.7 Å². The second-order valence-corrected chi connectivity index (χ2v) is 6.13. The lowest BCUT2D eigenvalue weighted by Gasteiger charge is -2.20. The SMILES string of the molecule is COc1cc(/C=N\N2C(=O)N[C@](C)(c3ccccc3)C2=O)cc([N+](=O)[O-])c1O. The second kappa shape index (κ2) is 6.99. The molecule has 3 amide bonds. The number of imide groups is 1. The summed E-state index contributed by atoms with van der Waals surface area (Å²) in [5, 5.41) is 28.0. The van der Waals surface area contributed by atoms with Crippen molar-refractivity contribution in [2.45, 2.75) is 12.5 Å². The first-order valence-corrected chi connectivity index (χ1v) is 8.09. The Morgan fingerprint density at radius 1 is 1.29 bits per heavy atom. The molecule has 1 heterocycles. The summed E-state index contributed by atoms with van der Waals surface area (Å²) in [6, 6.07) is 10.3. The number of benzene rings is 2. The summed E-state index contributed by atoms with van der Waals surface area (Å²) in [7, 11) is 1.24. The van der Waals surface area contributed by atoms with Crippen LogP contribution in [0.3, 0.4) is 0 Å². The first-order valence-electron chi connectivity index (χ1n) is 8.09. The van der Waals surface area contributed by atoms with Crippen molar-refractivity contribution in [1.82, 2.24) is 10.3 Å². The van der Waals surface area contributed by atoms with Crippen LogP contribution in [0.25, 0.3) is 0 Å². The molecule has 0 unspecified atom stereocenters. The molecule has 1 saturated heterocycles. The molecule has 2 aromatic carbocycles. The number of carbonyl (C=O) groups excluding carboxylic acids is 2. The fourth-order valence-electron chi connectivity index (χ4n) is 2.80. The highest BCUT2D eigenvalue weighted by molar-refractivity contribution is 6.07. The molecule has 1 fully saturated rings. The quantitative estimate of drug-likeness (QED) is 0.351. The fourth-order valence-corrected chi connectivity index (χ4v) is 2.80. The molecule has 1 aliphatic rings. The van der Waals surface area contributed by atoms with Gasteiger partial charge in [0.2, 0.25) is 5.75 Å². The molecule has 144 valence electrons. The number of ether oxygens (including phenoxy) is 1. The number of nitro benzene ring substituents is 1. The number of hydrazone groups is 1. The van der Waals surface area contributed by atoms with Crippen molar-refractivity contribution >= 4 is 23.8 Å². The van der Waals surface area contributed by atoms with Crippen LogP contribution in [0.2, 0.25) is 0 Å². The molecule has 10 nitrogen and oxygen atoms in total. The van der Waals surface area contributed by atoms with Crippen molar-refractivity contribution in [3.8, 4) is 11.5 Å². The first-order chi connectivity index (χ1) is 13.3. The Labute approximate surface area is 159 Å². The number of methoxy groups -OCH3 is 1. The number of phenols is 1. The zero-order valence-corrected chi connectivity index (χ0v) is 14.9. The minimum Gasteiger partial charge on any atom is -0.500 e. The van der Waals surface area contributed by atoms with Crippen LogP contribution in [0.1, 0.15) is 18.1 Å².